The van der Waals surface area contributed by atoms with Crippen LogP contribution in [0.3, 0.4) is 0 Å². The molecule has 1 aromatic rings. The summed E-state index contributed by atoms with van der Waals surface area (Å²) >= 11 is 0. The zero-order chi connectivity index (χ0) is 11.2. The first kappa shape index (κ1) is 9.70. The van der Waals surface area contributed by atoms with E-state index < -0.39 is 12.0 Å². The van der Waals surface area contributed by atoms with Crippen molar-refractivity contribution < 1.29 is 18.3 Å². The van der Waals surface area contributed by atoms with Crippen LogP contribution in [0.4, 0.5) is 20.2 Å². The zero-order valence-corrected chi connectivity index (χ0v) is 7.83. The van der Waals surface area contributed by atoms with Crippen molar-refractivity contribution >= 4 is 17.3 Å². The molecule has 2 rings (SSSR count). The summed E-state index contributed by atoms with van der Waals surface area (Å²) < 4.78 is 30.3. The van der Waals surface area contributed by atoms with E-state index in [0.29, 0.717) is 5.69 Å². The SMILES string of the molecule is CN1C(=O)C(F)(F)Oc2cc(N)ccc21. The topological polar surface area (TPSA) is 55.6 Å². The van der Waals surface area contributed by atoms with Crippen LogP contribution in [-0.4, -0.2) is 19.1 Å². The number of anilines is 2. The largest absolute Gasteiger partial charge is 0.482 e. The fourth-order valence-electron chi connectivity index (χ4n) is 1.38. The molecular formula is C9H8F2N2O2. The Balaban J connectivity index is 2.55. The summed E-state index contributed by atoms with van der Waals surface area (Å²) in [6, 6.07) is 4.22. The van der Waals surface area contributed by atoms with E-state index >= 15 is 0 Å². The van der Waals surface area contributed by atoms with Crippen LogP contribution >= 0.6 is 0 Å². The number of carbonyl (C=O) groups is 1. The van der Waals surface area contributed by atoms with Gasteiger partial charge in [0.1, 0.15) is 0 Å². The number of hydrogen-bond donors (Lipinski definition) is 1. The Hall–Kier alpha value is -1.85. The van der Waals surface area contributed by atoms with Crippen LogP contribution in [-0.2, 0) is 4.79 Å². The lowest BCUT2D eigenvalue weighted by molar-refractivity contribution is -0.192. The molecule has 0 saturated carbocycles. The molecule has 0 spiro atoms. The van der Waals surface area contributed by atoms with E-state index in [-0.39, 0.29) is 11.4 Å². The number of benzene rings is 1. The van der Waals surface area contributed by atoms with Gasteiger partial charge in [0.05, 0.1) is 5.69 Å². The number of hydrogen-bond acceptors (Lipinski definition) is 3. The normalized spacial score (nSPS) is 18.3. The van der Waals surface area contributed by atoms with E-state index in [1.54, 1.807) is 0 Å². The van der Waals surface area contributed by atoms with Crippen molar-refractivity contribution in [3.63, 3.8) is 0 Å². The van der Waals surface area contributed by atoms with Crippen LogP contribution in [0.5, 0.6) is 5.75 Å². The maximum atomic E-state index is 13.0. The number of amides is 1. The third-order valence-electron chi connectivity index (χ3n) is 2.14. The molecule has 1 aromatic carbocycles. The molecule has 6 heteroatoms. The van der Waals surface area contributed by atoms with Crippen LogP contribution in [0, 0.1) is 0 Å². The molecule has 0 aromatic heterocycles. The Morgan fingerprint density at radius 1 is 1.47 bits per heavy atom. The van der Waals surface area contributed by atoms with E-state index in [1.165, 1.54) is 25.2 Å². The van der Waals surface area contributed by atoms with Gasteiger partial charge in [0.15, 0.2) is 5.75 Å². The molecule has 0 unspecified atom stereocenters. The lowest BCUT2D eigenvalue weighted by Crippen LogP contribution is -2.49. The van der Waals surface area contributed by atoms with Gasteiger partial charge in [-0.3, -0.25) is 4.79 Å². The highest BCUT2D eigenvalue weighted by Crippen LogP contribution is 2.39. The smallest absolute Gasteiger partial charge is 0.423 e. The highest BCUT2D eigenvalue weighted by atomic mass is 19.3. The molecule has 4 nitrogen and oxygen atoms in total. The minimum atomic E-state index is -3.82. The van der Waals surface area contributed by atoms with E-state index in [4.69, 9.17) is 5.73 Å². The van der Waals surface area contributed by atoms with E-state index in [2.05, 4.69) is 4.74 Å². The van der Waals surface area contributed by atoms with E-state index in [1.807, 2.05) is 0 Å². The predicted octanol–water partition coefficient (Wildman–Crippen LogP) is 1.22. The van der Waals surface area contributed by atoms with Crippen molar-refractivity contribution in [1.82, 2.24) is 0 Å². The van der Waals surface area contributed by atoms with Crippen molar-refractivity contribution in [3.05, 3.63) is 18.2 Å². The summed E-state index contributed by atoms with van der Waals surface area (Å²) in [7, 11) is 1.26. The predicted molar refractivity (Wildman–Crippen MR) is 49.8 cm³/mol. The monoisotopic (exact) mass is 214 g/mol. The summed E-state index contributed by atoms with van der Waals surface area (Å²) in [6.07, 6.45) is -3.82. The average molecular weight is 214 g/mol. The molecule has 2 N–H and O–H groups in total. The van der Waals surface area contributed by atoms with Crippen LogP contribution in [0.1, 0.15) is 0 Å². The Bertz CT molecular complexity index is 434. The summed E-state index contributed by atoms with van der Waals surface area (Å²) in [5.41, 5.74) is 6.00. The van der Waals surface area contributed by atoms with Gasteiger partial charge in [-0.15, -0.1) is 0 Å². The number of nitrogens with two attached hydrogens (primary N) is 1. The van der Waals surface area contributed by atoms with Gasteiger partial charge < -0.3 is 15.4 Å². The summed E-state index contributed by atoms with van der Waals surface area (Å²) in [4.78, 5) is 12.0. The van der Waals surface area contributed by atoms with Crippen LogP contribution in [0.25, 0.3) is 0 Å². The number of halogens is 2. The number of nitrogens with zero attached hydrogens (tertiary/aromatic N) is 1. The first-order valence-corrected chi connectivity index (χ1v) is 4.16. The maximum Gasteiger partial charge on any atom is 0.482 e. The van der Waals surface area contributed by atoms with Crippen LogP contribution in [0.2, 0.25) is 0 Å². The number of alkyl halides is 2. The molecule has 1 heterocycles. The Morgan fingerprint density at radius 2 is 2.13 bits per heavy atom. The van der Waals surface area contributed by atoms with Gasteiger partial charge in [-0.05, 0) is 12.1 Å². The zero-order valence-electron chi connectivity index (χ0n) is 7.83. The van der Waals surface area contributed by atoms with Gasteiger partial charge in [-0.25, -0.2) is 0 Å². The number of likely N-dealkylation sites (N-methyl/N-ethyl adjacent to an activating group) is 1. The number of ether oxygens (including phenoxy) is 1. The summed E-state index contributed by atoms with van der Waals surface area (Å²) in [5, 5.41) is 0. The van der Waals surface area contributed by atoms with Gasteiger partial charge in [0, 0.05) is 18.8 Å². The van der Waals surface area contributed by atoms with Crippen LogP contribution < -0.4 is 15.4 Å². The molecule has 0 bridgehead atoms. The average Bonchev–Trinajstić information content (AvgIpc) is 2.13. The molecule has 0 saturated heterocycles. The number of nitrogen functional groups attached to an aromatic ring is 1. The molecule has 1 aliphatic heterocycles. The molecule has 15 heavy (non-hydrogen) atoms. The molecule has 1 aliphatic rings. The first-order valence-electron chi connectivity index (χ1n) is 4.16. The second kappa shape index (κ2) is 2.82. The van der Waals surface area contributed by atoms with E-state index in [9.17, 15) is 13.6 Å². The molecule has 0 aliphatic carbocycles. The fourth-order valence-corrected chi connectivity index (χ4v) is 1.38. The lowest BCUT2D eigenvalue weighted by Gasteiger charge is -2.30. The second-order valence-electron chi connectivity index (χ2n) is 3.21. The Morgan fingerprint density at radius 3 is 2.80 bits per heavy atom. The van der Waals surface area contributed by atoms with Gasteiger partial charge in [0.25, 0.3) is 0 Å². The minimum Gasteiger partial charge on any atom is -0.423 e. The molecule has 0 fully saturated rings. The van der Waals surface area contributed by atoms with Gasteiger partial charge in [-0.1, -0.05) is 0 Å². The van der Waals surface area contributed by atoms with Gasteiger partial charge in [0.2, 0.25) is 0 Å². The molecule has 0 radical (unpaired) electrons. The van der Waals surface area contributed by atoms with Crippen molar-refractivity contribution in [3.8, 4) is 5.75 Å². The molecule has 80 valence electrons. The highest BCUT2D eigenvalue weighted by molar-refractivity contribution is 6.00. The van der Waals surface area contributed by atoms with Gasteiger partial charge in [-0.2, -0.15) is 8.78 Å². The highest BCUT2D eigenvalue weighted by Gasteiger charge is 2.49. The first-order chi connectivity index (χ1) is 6.92. The molecule has 0 atom stereocenters. The number of fused-ring (bicyclic) bond motifs is 1. The van der Waals surface area contributed by atoms with Crippen LogP contribution in [0.15, 0.2) is 18.2 Å². The Kier molecular flexibility index (Phi) is 1.82. The standard InChI is InChI=1S/C9H8F2N2O2/c1-13-6-3-2-5(12)4-7(6)15-9(10,11)8(13)14/h2-4H,12H2,1H3. The van der Waals surface area contributed by atoms with Crippen molar-refractivity contribution in [2.24, 2.45) is 0 Å². The lowest BCUT2D eigenvalue weighted by atomic mass is 10.2. The minimum absolute atomic E-state index is 0.0953. The number of rotatable bonds is 0. The van der Waals surface area contributed by atoms with Crippen molar-refractivity contribution in [2.45, 2.75) is 6.11 Å². The third kappa shape index (κ3) is 1.38. The second-order valence-corrected chi connectivity index (χ2v) is 3.21. The number of carbonyl (C=O) groups excluding carboxylic acids is 1. The summed E-state index contributed by atoms with van der Waals surface area (Å²) in [6.45, 7) is 0. The Labute approximate surface area is 84.2 Å². The fraction of sp³-hybridized carbons (Fsp3) is 0.222. The quantitative estimate of drug-likeness (QED) is 0.660. The van der Waals surface area contributed by atoms with Gasteiger partial charge >= 0.3 is 12.0 Å². The van der Waals surface area contributed by atoms with Crippen molar-refractivity contribution in [1.29, 1.82) is 0 Å². The third-order valence-corrected chi connectivity index (χ3v) is 2.14. The van der Waals surface area contributed by atoms with Crippen molar-refractivity contribution in [2.75, 3.05) is 17.7 Å². The molecular weight excluding hydrogens is 206 g/mol. The summed E-state index contributed by atoms with van der Waals surface area (Å²) in [5.74, 6) is -1.48. The maximum absolute atomic E-state index is 13.0. The van der Waals surface area contributed by atoms with E-state index in [0.717, 1.165) is 4.90 Å². The molecule has 1 amide bonds.